The van der Waals surface area contributed by atoms with Gasteiger partial charge in [-0.3, -0.25) is 9.89 Å². The Labute approximate surface area is 137 Å². The van der Waals surface area contributed by atoms with E-state index in [2.05, 4.69) is 54.7 Å². The molecule has 1 fully saturated rings. The van der Waals surface area contributed by atoms with Gasteiger partial charge in [0.1, 0.15) is 0 Å². The molecule has 0 aromatic heterocycles. The highest BCUT2D eigenvalue weighted by Gasteiger charge is 2.26. The molecule has 1 heterocycles. The van der Waals surface area contributed by atoms with Crippen molar-refractivity contribution in [3.05, 3.63) is 0 Å². The Balaban J connectivity index is 2.46. The predicted molar refractivity (Wildman–Crippen MR) is 94.5 cm³/mol. The summed E-state index contributed by atoms with van der Waals surface area (Å²) in [6.07, 6.45) is 0.173. The first-order chi connectivity index (χ1) is 10.3. The molecule has 1 N–H and O–H groups in total. The van der Waals surface area contributed by atoms with Crippen LogP contribution >= 0.6 is 0 Å². The lowest BCUT2D eigenvalue weighted by Gasteiger charge is -2.38. The van der Waals surface area contributed by atoms with Gasteiger partial charge in [-0.15, -0.1) is 0 Å². The second-order valence-corrected chi connectivity index (χ2v) is 7.70. The first-order valence-electron chi connectivity index (χ1n) is 8.48. The lowest BCUT2D eigenvalue weighted by atomic mass is 9.89. The number of piperazine rings is 1. The standard InChI is InChI=1S/C17H36N4O/c1-14(2)13-20-8-10-21(11-9-20)16(18-6)19-12-15(22-7)17(3,4)5/h14-15H,8-13H2,1-7H3,(H,18,19). The molecule has 1 aliphatic heterocycles. The average Bonchev–Trinajstić information content (AvgIpc) is 2.43. The summed E-state index contributed by atoms with van der Waals surface area (Å²) in [5, 5.41) is 3.48. The van der Waals surface area contributed by atoms with Crippen LogP contribution < -0.4 is 5.32 Å². The highest BCUT2D eigenvalue weighted by molar-refractivity contribution is 5.80. The fourth-order valence-corrected chi connectivity index (χ4v) is 2.92. The molecule has 0 amide bonds. The summed E-state index contributed by atoms with van der Waals surface area (Å²) in [6.45, 7) is 17.5. The van der Waals surface area contributed by atoms with Crippen molar-refractivity contribution in [2.75, 3.05) is 53.4 Å². The summed E-state index contributed by atoms with van der Waals surface area (Å²) < 4.78 is 5.61. The van der Waals surface area contributed by atoms with E-state index in [0.29, 0.717) is 0 Å². The second kappa shape index (κ2) is 8.73. The molecule has 1 rings (SSSR count). The lowest BCUT2D eigenvalue weighted by molar-refractivity contribution is 0.0199. The molecule has 0 aliphatic carbocycles. The van der Waals surface area contributed by atoms with Gasteiger partial charge >= 0.3 is 0 Å². The van der Waals surface area contributed by atoms with Crippen molar-refractivity contribution in [3.8, 4) is 0 Å². The zero-order valence-corrected chi connectivity index (χ0v) is 15.6. The molecule has 5 heteroatoms. The predicted octanol–water partition coefficient (Wildman–Crippen LogP) is 1.90. The average molecular weight is 313 g/mol. The van der Waals surface area contributed by atoms with Gasteiger partial charge in [0, 0.05) is 53.4 Å². The van der Waals surface area contributed by atoms with Crippen LogP contribution in [0, 0.1) is 11.3 Å². The zero-order valence-electron chi connectivity index (χ0n) is 15.6. The molecular weight excluding hydrogens is 276 g/mol. The smallest absolute Gasteiger partial charge is 0.193 e. The van der Waals surface area contributed by atoms with E-state index in [4.69, 9.17) is 4.74 Å². The maximum absolute atomic E-state index is 5.61. The summed E-state index contributed by atoms with van der Waals surface area (Å²) in [5.74, 6) is 1.73. The number of nitrogens with zero attached hydrogens (tertiary/aromatic N) is 3. The molecular formula is C17H36N4O. The quantitative estimate of drug-likeness (QED) is 0.622. The molecule has 0 bridgehead atoms. The molecule has 1 unspecified atom stereocenters. The second-order valence-electron chi connectivity index (χ2n) is 7.70. The van der Waals surface area contributed by atoms with E-state index in [9.17, 15) is 0 Å². The molecule has 0 aromatic rings. The topological polar surface area (TPSA) is 40.1 Å². The van der Waals surface area contributed by atoms with Crippen LogP contribution in [0.25, 0.3) is 0 Å². The Morgan fingerprint density at radius 1 is 1.18 bits per heavy atom. The third-order valence-corrected chi connectivity index (χ3v) is 4.20. The van der Waals surface area contributed by atoms with Crippen molar-refractivity contribution in [2.45, 2.75) is 40.7 Å². The van der Waals surface area contributed by atoms with Gasteiger partial charge in [0.05, 0.1) is 6.10 Å². The molecule has 0 spiro atoms. The van der Waals surface area contributed by atoms with E-state index in [0.717, 1.165) is 44.6 Å². The van der Waals surface area contributed by atoms with Crippen LogP contribution in [-0.4, -0.2) is 75.3 Å². The van der Waals surface area contributed by atoms with Crippen molar-refractivity contribution < 1.29 is 4.74 Å². The van der Waals surface area contributed by atoms with E-state index in [1.165, 1.54) is 6.54 Å². The third-order valence-electron chi connectivity index (χ3n) is 4.20. The number of nitrogens with one attached hydrogen (secondary N) is 1. The number of hydrogen-bond donors (Lipinski definition) is 1. The SMILES string of the molecule is CN=C(NCC(OC)C(C)(C)C)N1CCN(CC(C)C)CC1. The number of ether oxygens (including phenoxy) is 1. The van der Waals surface area contributed by atoms with Crippen LogP contribution in [0.2, 0.25) is 0 Å². The number of aliphatic imine (C=N–C) groups is 1. The van der Waals surface area contributed by atoms with Gasteiger partial charge in [-0.25, -0.2) is 0 Å². The molecule has 0 saturated carbocycles. The van der Waals surface area contributed by atoms with Crippen LogP contribution in [-0.2, 0) is 4.74 Å². The molecule has 22 heavy (non-hydrogen) atoms. The van der Waals surface area contributed by atoms with Gasteiger partial charge in [-0.05, 0) is 11.3 Å². The van der Waals surface area contributed by atoms with Gasteiger partial charge in [0.15, 0.2) is 5.96 Å². The first-order valence-corrected chi connectivity index (χ1v) is 8.48. The van der Waals surface area contributed by atoms with Crippen molar-refractivity contribution in [1.29, 1.82) is 0 Å². The number of rotatable bonds is 5. The minimum absolute atomic E-state index is 0.122. The lowest BCUT2D eigenvalue weighted by Crippen LogP contribution is -2.54. The molecule has 5 nitrogen and oxygen atoms in total. The van der Waals surface area contributed by atoms with Crippen LogP contribution in [0.15, 0.2) is 4.99 Å². The number of methoxy groups -OCH3 is 1. The third kappa shape index (κ3) is 6.13. The van der Waals surface area contributed by atoms with Gasteiger partial charge in [0.25, 0.3) is 0 Å². The maximum atomic E-state index is 5.61. The number of guanidine groups is 1. The fraction of sp³-hybridized carbons (Fsp3) is 0.941. The van der Waals surface area contributed by atoms with E-state index in [1.54, 1.807) is 7.11 Å². The van der Waals surface area contributed by atoms with Crippen molar-refractivity contribution in [2.24, 2.45) is 16.3 Å². The van der Waals surface area contributed by atoms with E-state index in [1.807, 2.05) is 7.05 Å². The summed E-state index contributed by atoms with van der Waals surface area (Å²) in [7, 11) is 3.65. The van der Waals surface area contributed by atoms with Crippen molar-refractivity contribution >= 4 is 5.96 Å². The van der Waals surface area contributed by atoms with Crippen molar-refractivity contribution in [1.82, 2.24) is 15.1 Å². The fourth-order valence-electron chi connectivity index (χ4n) is 2.92. The minimum atomic E-state index is 0.122. The Kier molecular flexibility index (Phi) is 7.63. The van der Waals surface area contributed by atoms with E-state index in [-0.39, 0.29) is 11.5 Å². The number of hydrogen-bond acceptors (Lipinski definition) is 3. The zero-order chi connectivity index (χ0) is 16.8. The maximum Gasteiger partial charge on any atom is 0.193 e. The largest absolute Gasteiger partial charge is 0.379 e. The van der Waals surface area contributed by atoms with Gasteiger partial charge < -0.3 is 15.0 Å². The summed E-state index contributed by atoms with van der Waals surface area (Å²) in [5.41, 5.74) is 0.122. The van der Waals surface area contributed by atoms with Crippen LogP contribution in [0.5, 0.6) is 0 Å². The Bertz CT molecular complexity index is 341. The normalized spacial score (nSPS) is 19.6. The van der Waals surface area contributed by atoms with Crippen LogP contribution in [0.1, 0.15) is 34.6 Å². The molecule has 130 valence electrons. The van der Waals surface area contributed by atoms with E-state index >= 15 is 0 Å². The highest BCUT2D eigenvalue weighted by Crippen LogP contribution is 2.21. The highest BCUT2D eigenvalue weighted by atomic mass is 16.5. The van der Waals surface area contributed by atoms with Gasteiger partial charge in [-0.1, -0.05) is 34.6 Å². The molecule has 1 aliphatic rings. The monoisotopic (exact) mass is 312 g/mol. The summed E-state index contributed by atoms with van der Waals surface area (Å²) in [6, 6.07) is 0. The molecule has 0 radical (unpaired) electrons. The first kappa shape index (κ1) is 19.2. The van der Waals surface area contributed by atoms with Crippen LogP contribution in [0.4, 0.5) is 0 Å². The Morgan fingerprint density at radius 2 is 1.77 bits per heavy atom. The van der Waals surface area contributed by atoms with Crippen LogP contribution in [0.3, 0.4) is 0 Å². The molecule has 0 aromatic carbocycles. The minimum Gasteiger partial charge on any atom is -0.379 e. The Morgan fingerprint density at radius 3 is 2.18 bits per heavy atom. The van der Waals surface area contributed by atoms with Crippen molar-refractivity contribution in [3.63, 3.8) is 0 Å². The molecule has 1 atom stereocenters. The summed E-state index contributed by atoms with van der Waals surface area (Å²) in [4.78, 5) is 9.34. The van der Waals surface area contributed by atoms with Gasteiger partial charge in [-0.2, -0.15) is 0 Å². The van der Waals surface area contributed by atoms with Gasteiger partial charge in [0.2, 0.25) is 0 Å². The molecule has 1 saturated heterocycles. The summed E-state index contributed by atoms with van der Waals surface area (Å²) >= 11 is 0. The Hall–Kier alpha value is -0.810. The van der Waals surface area contributed by atoms with E-state index < -0.39 is 0 Å².